The predicted octanol–water partition coefficient (Wildman–Crippen LogP) is 3.14. The molecule has 3 aromatic heterocycles. The number of nitrogens with zero attached hydrogens (tertiary/aromatic N) is 3. The third-order valence-electron chi connectivity index (χ3n) is 2.24. The molecule has 0 amide bonds. The monoisotopic (exact) mass is 276 g/mol. The van der Waals surface area contributed by atoms with Gasteiger partial charge in [-0.2, -0.15) is 9.78 Å². The van der Waals surface area contributed by atoms with Crippen LogP contribution in [0.2, 0.25) is 0 Å². The lowest BCUT2D eigenvalue weighted by Crippen LogP contribution is -1.93. The molecule has 0 radical (unpaired) electrons. The highest BCUT2D eigenvalue weighted by Crippen LogP contribution is 2.17. The summed E-state index contributed by atoms with van der Waals surface area (Å²) >= 11 is 6.74. The van der Waals surface area contributed by atoms with Crippen molar-refractivity contribution in [3.8, 4) is 11.6 Å². The van der Waals surface area contributed by atoms with Crippen molar-refractivity contribution >= 4 is 29.8 Å². The van der Waals surface area contributed by atoms with Crippen LogP contribution in [-0.2, 0) is 0 Å². The third-order valence-corrected chi connectivity index (χ3v) is 3.31. The van der Waals surface area contributed by atoms with E-state index in [0.29, 0.717) is 16.4 Å². The average molecular weight is 276 g/mol. The number of rotatable bonds is 3. The van der Waals surface area contributed by atoms with Gasteiger partial charge in [-0.3, -0.25) is 0 Å². The molecule has 3 heterocycles. The Balaban J connectivity index is 2.02. The van der Waals surface area contributed by atoms with Crippen LogP contribution >= 0.6 is 23.6 Å². The Labute approximate surface area is 111 Å². The van der Waals surface area contributed by atoms with E-state index in [1.807, 2.05) is 23.6 Å². The third kappa shape index (κ3) is 2.05. The van der Waals surface area contributed by atoms with E-state index < -0.39 is 0 Å². The van der Waals surface area contributed by atoms with Gasteiger partial charge in [0, 0.05) is 4.88 Å². The number of nitrogens with one attached hydrogen (secondary N) is 1. The van der Waals surface area contributed by atoms with Gasteiger partial charge in [0.05, 0.1) is 12.5 Å². The molecule has 3 rings (SSSR count). The van der Waals surface area contributed by atoms with Gasteiger partial charge in [-0.05, 0) is 35.8 Å². The molecule has 1 N–H and O–H groups in total. The van der Waals surface area contributed by atoms with E-state index in [9.17, 15) is 0 Å². The summed E-state index contributed by atoms with van der Waals surface area (Å²) in [5.41, 5.74) is 0. The maximum Gasteiger partial charge on any atom is 0.219 e. The van der Waals surface area contributed by atoms with Crippen molar-refractivity contribution in [1.29, 1.82) is 0 Å². The SMILES string of the molecule is S=c1[nH]nc(-c2ccco2)n1/N=C\c1cccs1. The molecular weight excluding hydrogens is 268 g/mol. The van der Waals surface area contributed by atoms with Gasteiger partial charge in [0.25, 0.3) is 0 Å². The first kappa shape index (κ1) is 11.1. The minimum atomic E-state index is 0.425. The quantitative estimate of drug-likeness (QED) is 0.590. The summed E-state index contributed by atoms with van der Waals surface area (Å²) in [4.78, 5) is 1.04. The number of thiophene rings is 1. The van der Waals surface area contributed by atoms with Crippen LogP contribution in [0.15, 0.2) is 45.4 Å². The standard InChI is InChI=1S/C11H8N4OS2/c17-11-14-13-10(9-4-1-5-16-9)15(11)12-7-8-3-2-6-18-8/h1-7H,(H,14,17)/b12-7-. The highest BCUT2D eigenvalue weighted by molar-refractivity contribution is 7.71. The van der Waals surface area contributed by atoms with Gasteiger partial charge in [0.15, 0.2) is 5.76 Å². The molecule has 3 aromatic rings. The van der Waals surface area contributed by atoms with Gasteiger partial charge in [-0.15, -0.1) is 16.4 Å². The smallest absolute Gasteiger partial charge is 0.219 e. The first-order valence-electron chi connectivity index (χ1n) is 5.14. The second kappa shape index (κ2) is 4.71. The lowest BCUT2D eigenvalue weighted by molar-refractivity contribution is 0.573. The Morgan fingerprint density at radius 3 is 3.11 bits per heavy atom. The summed E-state index contributed by atoms with van der Waals surface area (Å²) in [5.74, 6) is 1.17. The van der Waals surface area contributed by atoms with Crippen molar-refractivity contribution in [1.82, 2.24) is 14.9 Å². The second-order valence-electron chi connectivity index (χ2n) is 3.40. The molecule has 0 fully saturated rings. The molecular formula is C11H8N4OS2. The number of aromatic nitrogens is 3. The second-order valence-corrected chi connectivity index (χ2v) is 4.77. The molecule has 0 aliphatic heterocycles. The summed E-state index contributed by atoms with van der Waals surface area (Å²) in [6.07, 6.45) is 3.32. The maximum atomic E-state index is 5.29. The van der Waals surface area contributed by atoms with Gasteiger partial charge in [-0.25, -0.2) is 5.10 Å². The molecule has 0 atom stereocenters. The number of hydrogen-bond donors (Lipinski definition) is 1. The fraction of sp³-hybridized carbons (Fsp3) is 0. The van der Waals surface area contributed by atoms with Gasteiger partial charge in [-0.1, -0.05) is 6.07 Å². The van der Waals surface area contributed by atoms with Crippen molar-refractivity contribution in [3.63, 3.8) is 0 Å². The molecule has 0 aromatic carbocycles. The zero-order valence-corrected chi connectivity index (χ0v) is 10.7. The Bertz CT molecular complexity index is 707. The first-order chi connectivity index (χ1) is 8.84. The Hall–Kier alpha value is -1.99. The van der Waals surface area contributed by atoms with Crippen LogP contribution in [0.3, 0.4) is 0 Å². The Morgan fingerprint density at radius 1 is 1.44 bits per heavy atom. The van der Waals surface area contributed by atoms with Crippen molar-refractivity contribution in [2.24, 2.45) is 5.10 Å². The molecule has 0 spiro atoms. The van der Waals surface area contributed by atoms with Gasteiger partial charge < -0.3 is 4.42 Å². The van der Waals surface area contributed by atoms with Gasteiger partial charge in [0.2, 0.25) is 10.6 Å². The lowest BCUT2D eigenvalue weighted by Gasteiger charge is -1.95. The Morgan fingerprint density at radius 2 is 2.39 bits per heavy atom. The first-order valence-corrected chi connectivity index (χ1v) is 6.42. The van der Waals surface area contributed by atoms with Gasteiger partial charge >= 0.3 is 0 Å². The van der Waals surface area contributed by atoms with Crippen molar-refractivity contribution in [2.45, 2.75) is 0 Å². The fourth-order valence-corrected chi connectivity index (χ4v) is 2.20. The van der Waals surface area contributed by atoms with Crippen molar-refractivity contribution < 1.29 is 4.42 Å². The predicted molar refractivity (Wildman–Crippen MR) is 72.4 cm³/mol. The van der Waals surface area contributed by atoms with E-state index in [4.69, 9.17) is 16.6 Å². The highest BCUT2D eigenvalue weighted by Gasteiger charge is 2.10. The summed E-state index contributed by atoms with van der Waals surface area (Å²) in [7, 11) is 0. The van der Waals surface area contributed by atoms with Crippen molar-refractivity contribution in [3.05, 3.63) is 45.6 Å². The van der Waals surface area contributed by atoms with Crippen LogP contribution in [0.5, 0.6) is 0 Å². The molecule has 0 unspecified atom stereocenters. The molecule has 0 aliphatic carbocycles. The zero-order valence-electron chi connectivity index (χ0n) is 9.11. The molecule has 0 bridgehead atoms. The minimum absolute atomic E-state index is 0.425. The topological polar surface area (TPSA) is 59.1 Å². The largest absolute Gasteiger partial charge is 0.461 e. The van der Waals surface area contributed by atoms with E-state index in [-0.39, 0.29) is 0 Å². The van der Waals surface area contributed by atoms with Crippen LogP contribution in [0, 0.1) is 4.77 Å². The summed E-state index contributed by atoms with van der Waals surface area (Å²) in [6, 6.07) is 7.54. The van der Waals surface area contributed by atoms with Gasteiger partial charge in [0.1, 0.15) is 0 Å². The van der Waals surface area contributed by atoms with Crippen LogP contribution < -0.4 is 0 Å². The average Bonchev–Trinajstić information content (AvgIpc) is 3.08. The number of furan rings is 1. The number of hydrogen-bond acceptors (Lipinski definition) is 5. The van der Waals surface area contributed by atoms with E-state index in [2.05, 4.69) is 15.3 Å². The molecule has 0 aliphatic rings. The molecule has 0 saturated carbocycles. The molecule has 90 valence electrons. The van der Waals surface area contributed by atoms with Crippen LogP contribution in [-0.4, -0.2) is 21.1 Å². The number of H-pyrrole nitrogens is 1. The summed E-state index contributed by atoms with van der Waals surface area (Å²) in [5, 5.41) is 13.1. The molecule has 0 saturated heterocycles. The van der Waals surface area contributed by atoms with Crippen LogP contribution in [0.1, 0.15) is 4.88 Å². The molecule has 5 nitrogen and oxygen atoms in total. The minimum Gasteiger partial charge on any atom is -0.461 e. The lowest BCUT2D eigenvalue weighted by atomic mass is 10.4. The van der Waals surface area contributed by atoms with Crippen LogP contribution in [0.4, 0.5) is 0 Å². The molecule has 18 heavy (non-hydrogen) atoms. The van der Waals surface area contributed by atoms with E-state index in [0.717, 1.165) is 4.88 Å². The van der Waals surface area contributed by atoms with E-state index >= 15 is 0 Å². The normalized spacial score (nSPS) is 11.3. The van der Waals surface area contributed by atoms with Crippen molar-refractivity contribution in [2.75, 3.05) is 0 Å². The van der Waals surface area contributed by atoms with Crippen LogP contribution in [0.25, 0.3) is 11.6 Å². The summed E-state index contributed by atoms with van der Waals surface area (Å²) < 4.78 is 7.25. The maximum absolute atomic E-state index is 5.29. The Kier molecular flexibility index (Phi) is 2.91. The molecule has 7 heteroatoms. The van der Waals surface area contributed by atoms with E-state index in [1.54, 1.807) is 29.9 Å². The zero-order chi connectivity index (χ0) is 12.4. The van der Waals surface area contributed by atoms with E-state index in [1.165, 1.54) is 4.68 Å². The highest BCUT2D eigenvalue weighted by atomic mass is 32.1. The fourth-order valence-electron chi connectivity index (χ4n) is 1.44. The number of aromatic amines is 1. The summed E-state index contributed by atoms with van der Waals surface area (Å²) in [6.45, 7) is 0.